The number of anilines is 1. The summed E-state index contributed by atoms with van der Waals surface area (Å²) in [5.41, 5.74) is 0.753. The van der Waals surface area contributed by atoms with Gasteiger partial charge in [0, 0.05) is 27.1 Å². The van der Waals surface area contributed by atoms with Gasteiger partial charge < -0.3 is 10.4 Å². The second-order valence-corrected chi connectivity index (χ2v) is 11.3. The van der Waals surface area contributed by atoms with Crippen LogP contribution in [0.25, 0.3) is 0 Å². The summed E-state index contributed by atoms with van der Waals surface area (Å²) in [6.07, 6.45) is 0. The number of aliphatic carboxylic acids is 1. The van der Waals surface area contributed by atoms with Gasteiger partial charge in [0.15, 0.2) is 5.78 Å². The Bertz CT molecular complexity index is 1520. The number of hydrogen-bond acceptors (Lipinski definition) is 4. The summed E-state index contributed by atoms with van der Waals surface area (Å²) in [7, 11) is 0. The molecule has 0 radical (unpaired) electrons. The van der Waals surface area contributed by atoms with Crippen LogP contribution in [0.15, 0.2) is 96.4 Å². The average Bonchev–Trinajstić information content (AvgIpc) is 3.53. The summed E-state index contributed by atoms with van der Waals surface area (Å²) in [5, 5.41) is 15.9. The van der Waals surface area contributed by atoms with Crippen molar-refractivity contribution in [3.05, 3.63) is 123 Å². The highest BCUT2D eigenvalue weighted by Crippen LogP contribution is 2.57. The highest BCUT2D eigenvalue weighted by atomic mass is 35.5. The molecule has 1 aliphatic rings. The number of aryl methyl sites for hydroxylation is 1. The van der Waals surface area contributed by atoms with E-state index in [4.69, 9.17) is 11.6 Å². The Kier molecular flexibility index (Phi) is 7.30. The van der Waals surface area contributed by atoms with Crippen molar-refractivity contribution >= 4 is 46.4 Å². The maximum absolute atomic E-state index is 14.4. The summed E-state index contributed by atoms with van der Waals surface area (Å²) < 4.78 is 0. The molecule has 8 heteroatoms. The number of nitrogens with one attached hydrogen (secondary N) is 1. The molecule has 1 saturated heterocycles. The molecule has 0 saturated carbocycles. The summed E-state index contributed by atoms with van der Waals surface area (Å²) in [6.45, 7) is 3.46. The van der Waals surface area contributed by atoms with Gasteiger partial charge in [0.05, 0.1) is 12.0 Å². The summed E-state index contributed by atoms with van der Waals surface area (Å²) in [4.78, 5) is 43.8. The van der Waals surface area contributed by atoms with Crippen molar-refractivity contribution in [3.63, 3.8) is 0 Å². The number of urea groups is 1. The Balaban J connectivity index is 1.76. The predicted molar refractivity (Wildman–Crippen MR) is 154 cm³/mol. The zero-order valence-electron chi connectivity index (χ0n) is 21.4. The van der Waals surface area contributed by atoms with Crippen LogP contribution in [0.2, 0.25) is 5.02 Å². The molecule has 2 heterocycles. The van der Waals surface area contributed by atoms with Crippen LogP contribution in [0.5, 0.6) is 0 Å². The number of carboxylic acids is 1. The van der Waals surface area contributed by atoms with Gasteiger partial charge in [-0.25, -0.2) is 9.59 Å². The first-order chi connectivity index (χ1) is 18.7. The lowest BCUT2D eigenvalue weighted by atomic mass is 9.74. The van der Waals surface area contributed by atoms with Crippen LogP contribution in [0, 0.1) is 12.8 Å². The maximum Gasteiger partial charge on any atom is 0.330 e. The molecule has 6 nitrogen and oxygen atoms in total. The van der Waals surface area contributed by atoms with Crippen LogP contribution in [0.3, 0.4) is 0 Å². The zero-order valence-corrected chi connectivity index (χ0v) is 22.9. The Morgan fingerprint density at radius 1 is 0.949 bits per heavy atom. The van der Waals surface area contributed by atoms with Gasteiger partial charge in [0.2, 0.25) is 0 Å². The van der Waals surface area contributed by atoms with E-state index in [9.17, 15) is 19.5 Å². The highest BCUT2D eigenvalue weighted by molar-refractivity contribution is 7.10. The molecule has 2 amide bonds. The molecule has 4 atom stereocenters. The third-order valence-electron chi connectivity index (χ3n) is 7.41. The van der Waals surface area contributed by atoms with Gasteiger partial charge in [-0.2, -0.15) is 0 Å². The van der Waals surface area contributed by atoms with Crippen LogP contribution < -0.4 is 5.32 Å². The number of hydrogen-bond donors (Lipinski definition) is 2. The number of nitrogens with zero attached hydrogens (tertiary/aromatic N) is 1. The number of carbonyl (C=O) groups excluding carboxylic acids is 2. The minimum Gasteiger partial charge on any atom is -0.479 e. The normalized spacial score (nSPS) is 22.4. The van der Waals surface area contributed by atoms with Gasteiger partial charge in [-0.15, -0.1) is 11.3 Å². The highest BCUT2D eigenvalue weighted by Gasteiger charge is 2.65. The van der Waals surface area contributed by atoms with Crippen molar-refractivity contribution in [2.24, 2.45) is 5.92 Å². The Labute approximate surface area is 235 Å². The summed E-state index contributed by atoms with van der Waals surface area (Å²) in [5.74, 6) is -3.19. The second-order valence-electron chi connectivity index (χ2n) is 9.87. The molecule has 2 N–H and O–H groups in total. The van der Waals surface area contributed by atoms with Crippen LogP contribution in [0.4, 0.5) is 10.5 Å². The van der Waals surface area contributed by atoms with E-state index in [0.717, 1.165) is 5.56 Å². The van der Waals surface area contributed by atoms with Gasteiger partial charge in [-0.1, -0.05) is 77.8 Å². The number of halogens is 1. The summed E-state index contributed by atoms with van der Waals surface area (Å²) >= 11 is 7.64. The minimum atomic E-state index is -1.75. The quantitative estimate of drug-likeness (QED) is 0.241. The van der Waals surface area contributed by atoms with E-state index in [1.807, 2.05) is 54.8 Å². The van der Waals surface area contributed by atoms with Crippen molar-refractivity contribution in [2.75, 3.05) is 5.32 Å². The fraction of sp³-hybridized carbons (Fsp3) is 0.194. The average molecular weight is 559 g/mol. The first-order valence-electron chi connectivity index (χ1n) is 12.5. The van der Waals surface area contributed by atoms with E-state index in [0.29, 0.717) is 26.7 Å². The number of rotatable bonds is 6. The van der Waals surface area contributed by atoms with Gasteiger partial charge >= 0.3 is 12.0 Å². The van der Waals surface area contributed by atoms with E-state index in [1.165, 1.54) is 16.2 Å². The Morgan fingerprint density at radius 3 is 2.33 bits per heavy atom. The smallest absolute Gasteiger partial charge is 0.330 e. The number of Topliss-reactive ketones (excluding diaryl/α,β-unsaturated/α-hetero) is 1. The largest absolute Gasteiger partial charge is 0.479 e. The second kappa shape index (κ2) is 10.7. The number of thiophene rings is 1. The van der Waals surface area contributed by atoms with Crippen LogP contribution >= 0.6 is 22.9 Å². The van der Waals surface area contributed by atoms with Gasteiger partial charge in [-0.05, 0) is 55.1 Å². The van der Waals surface area contributed by atoms with Crippen LogP contribution in [-0.4, -0.2) is 33.3 Å². The maximum atomic E-state index is 14.4. The number of ketones is 1. The van der Waals surface area contributed by atoms with Crippen LogP contribution in [-0.2, 0) is 4.79 Å². The number of carboxylic acid groups (broad SMARTS) is 1. The minimum absolute atomic E-state index is 0.273. The fourth-order valence-corrected chi connectivity index (χ4v) is 6.86. The van der Waals surface area contributed by atoms with E-state index < -0.39 is 35.4 Å². The Morgan fingerprint density at radius 2 is 1.69 bits per heavy atom. The zero-order chi connectivity index (χ0) is 27.7. The van der Waals surface area contributed by atoms with E-state index in [1.54, 1.807) is 55.5 Å². The monoisotopic (exact) mass is 558 g/mol. The van der Waals surface area contributed by atoms with E-state index in [-0.39, 0.29) is 5.78 Å². The van der Waals surface area contributed by atoms with Crippen molar-refractivity contribution in [1.29, 1.82) is 0 Å². The van der Waals surface area contributed by atoms with Crippen molar-refractivity contribution < 1.29 is 19.5 Å². The third kappa shape index (κ3) is 4.84. The topological polar surface area (TPSA) is 86.7 Å². The first-order valence-corrected chi connectivity index (χ1v) is 13.8. The molecule has 0 bridgehead atoms. The SMILES string of the molecule is Cc1cccc(C2C(C(=O)c3cccc(Cl)c3)C(c3cccs3)C(C)(C(=O)O)N2C(=O)Nc2ccccc2)c1. The molecular weight excluding hydrogens is 532 g/mol. The molecule has 3 aromatic carbocycles. The number of amides is 2. The van der Waals surface area contributed by atoms with Gasteiger partial charge in [0.25, 0.3) is 0 Å². The molecule has 4 aromatic rings. The lowest BCUT2D eigenvalue weighted by Crippen LogP contribution is -2.55. The molecule has 198 valence electrons. The molecule has 1 aliphatic heterocycles. The Hall–Kier alpha value is -3.94. The molecule has 1 aromatic heterocycles. The van der Waals surface area contributed by atoms with Crippen molar-refractivity contribution in [3.8, 4) is 0 Å². The third-order valence-corrected chi connectivity index (χ3v) is 8.60. The number of likely N-dealkylation sites (tertiary alicyclic amines) is 1. The lowest BCUT2D eigenvalue weighted by Gasteiger charge is -2.37. The summed E-state index contributed by atoms with van der Waals surface area (Å²) in [6, 6.07) is 25.3. The molecule has 0 spiro atoms. The molecular formula is C31H27ClN2O4S. The predicted octanol–water partition coefficient (Wildman–Crippen LogP) is 7.42. The molecule has 4 unspecified atom stereocenters. The standard InChI is InChI=1S/C31H27ClN2O4S/c1-19-9-6-10-20(17-19)27-25(28(35)21-11-7-12-22(32)18-21)26(24-15-8-16-39-24)31(2,29(36)37)34(27)30(38)33-23-13-4-3-5-14-23/h3-18,25-27H,1-2H3,(H,33,38)(H,36,37). The van der Waals surface area contributed by atoms with E-state index >= 15 is 0 Å². The molecule has 39 heavy (non-hydrogen) atoms. The van der Waals surface area contributed by atoms with Crippen LogP contribution in [0.1, 0.15) is 45.2 Å². The van der Waals surface area contributed by atoms with Gasteiger partial charge in [-0.3, -0.25) is 9.69 Å². The number of para-hydroxylation sites is 1. The fourth-order valence-electron chi connectivity index (χ4n) is 5.67. The number of benzene rings is 3. The molecule has 0 aliphatic carbocycles. The first kappa shape index (κ1) is 26.7. The van der Waals surface area contributed by atoms with Crippen molar-refractivity contribution in [2.45, 2.75) is 31.3 Å². The van der Waals surface area contributed by atoms with E-state index in [2.05, 4.69) is 5.32 Å². The number of carbonyl (C=O) groups is 3. The molecule has 1 fully saturated rings. The lowest BCUT2D eigenvalue weighted by molar-refractivity contribution is -0.148. The van der Waals surface area contributed by atoms with Crippen molar-refractivity contribution in [1.82, 2.24) is 4.90 Å². The van der Waals surface area contributed by atoms with Gasteiger partial charge in [0.1, 0.15) is 5.54 Å². The molecule has 5 rings (SSSR count).